The Morgan fingerprint density at radius 3 is 2.80 bits per heavy atom. The SMILES string of the molecule is CC12CCC(C1)C(C)(C)C2NC(=O)c1cc(Cl)ccn1. The Bertz CT molecular complexity index is 552. The first-order valence-corrected chi connectivity index (χ1v) is 7.63. The van der Waals surface area contributed by atoms with Crippen molar-refractivity contribution in [2.45, 2.75) is 46.1 Å². The van der Waals surface area contributed by atoms with Crippen molar-refractivity contribution >= 4 is 17.5 Å². The molecular formula is C16H21ClN2O. The third-order valence-electron chi connectivity index (χ3n) is 5.50. The van der Waals surface area contributed by atoms with E-state index < -0.39 is 0 Å². The number of rotatable bonds is 2. The molecule has 0 aromatic carbocycles. The predicted octanol–water partition coefficient (Wildman–Crippen LogP) is 3.68. The van der Waals surface area contributed by atoms with Crippen LogP contribution in [0.15, 0.2) is 18.3 Å². The van der Waals surface area contributed by atoms with Crippen molar-refractivity contribution < 1.29 is 4.79 Å². The number of nitrogens with one attached hydrogen (secondary N) is 1. The van der Waals surface area contributed by atoms with Crippen molar-refractivity contribution in [1.29, 1.82) is 0 Å². The Hall–Kier alpha value is -1.09. The van der Waals surface area contributed by atoms with Gasteiger partial charge in [-0.15, -0.1) is 0 Å². The second-order valence-electron chi connectivity index (χ2n) is 7.18. The van der Waals surface area contributed by atoms with Crippen LogP contribution in [0.25, 0.3) is 0 Å². The largest absolute Gasteiger partial charge is 0.347 e. The first-order valence-electron chi connectivity index (χ1n) is 7.25. The second kappa shape index (κ2) is 4.45. The van der Waals surface area contributed by atoms with Gasteiger partial charge in [0.1, 0.15) is 5.69 Å². The molecule has 0 aliphatic heterocycles. The van der Waals surface area contributed by atoms with Gasteiger partial charge in [0.15, 0.2) is 0 Å². The molecule has 0 spiro atoms. The smallest absolute Gasteiger partial charge is 0.270 e. The number of carbonyl (C=O) groups is 1. The highest BCUT2D eigenvalue weighted by atomic mass is 35.5. The Kier molecular flexibility index (Phi) is 3.09. The van der Waals surface area contributed by atoms with Gasteiger partial charge in [-0.3, -0.25) is 9.78 Å². The van der Waals surface area contributed by atoms with Crippen molar-refractivity contribution in [3.8, 4) is 0 Å². The molecule has 3 atom stereocenters. The van der Waals surface area contributed by atoms with Gasteiger partial charge in [0.25, 0.3) is 5.91 Å². The number of hydrogen-bond donors (Lipinski definition) is 1. The van der Waals surface area contributed by atoms with E-state index in [0.717, 1.165) is 0 Å². The minimum absolute atomic E-state index is 0.112. The zero-order valence-corrected chi connectivity index (χ0v) is 13.0. The number of amides is 1. The Labute approximate surface area is 125 Å². The fourth-order valence-electron chi connectivity index (χ4n) is 4.40. The second-order valence-corrected chi connectivity index (χ2v) is 7.62. The van der Waals surface area contributed by atoms with Gasteiger partial charge in [-0.05, 0) is 48.1 Å². The lowest BCUT2D eigenvalue weighted by Crippen LogP contribution is -2.52. The van der Waals surface area contributed by atoms with Crippen LogP contribution in [0, 0.1) is 16.7 Å². The fourth-order valence-corrected chi connectivity index (χ4v) is 4.56. The molecule has 0 radical (unpaired) electrons. The summed E-state index contributed by atoms with van der Waals surface area (Å²) in [4.78, 5) is 16.5. The molecule has 3 rings (SSSR count). The summed E-state index contributed by atoms with van der Waals surface area (Å²) in [5, 5.41) is 3.77. The van der Waals surface area contributed by atoms with Crippen molar-refractivity contribution in [2.24, 2.45) is 16.7 Å². The van der Waals surface area contributed by atoms with E-state index in [1.165, 1.54) is 19.3 Å². The molecule has 2 aliphatic carbocycles. The van der Waals surface area contributed by atoms with E-state index in [-0.39, 0.29) is 22.8 Å². The summed E-state index contributed by atoms with van der Waals surface area (Å²) in [7, 11) is 0. The number of carbonyl (C=O) groups excluding carboxylic acids is 1. The van der Waals surface area contributed by atoms with Gasteiger partial charge in [-0.1, -0.05) is 32.4 Å². The van der Waals surface area contributed by atoms with E-state index >= 15 is 0 Å². The van der Waals surface area contributed by atoms with E-state index in [1.54, 1.807) is 18.3 Å². The lowest BCUT2D eigenvalue weighted by atomic mass is 9.68. The van der Waals surface area contributed by atoms with Crippen molar-refractivity contribution in [1.82, 2.24) is 10.3 Å². The van der Waals surface area contributed by atoms with Gasteiger partial charge in [0.2, 0.25) is 0 Å². The molecule has 1 heterocycles. The van der Waals surface area contributed by atoms with E-state index in [1.807, 2.05) is 0 Å². The molecule has 1 N–H and O–H groups in total. The first-order chi connectivity index (χ1) is 9.33. The maximum atomic E-state index is 12.4. The predicted molar refractivity (Wildman–Crippen MR) is 79.7 cm³/mol. The summed E-state index contributed by atoms with van der Waals surface area (Å²) >= 11 is 5.93. The van der Waals surface area contributed by atoms with E-state index in [0.29, 0.717) is 16.6 Å². The van der Waals surface area contributed by atoms with Crippen molar-refractivity contribution in [3.05, 3.63) is 29.0 Å². The summed E-state index contributed by atoms with van der Waals surface area (Å²) in [6.07, 6.45) is 5.28. The highest BCUT2D eigenvalue weighted by Crippen LogP contribution is 2.62. The summed E-state index contributed by atoms with van der Waals surface area (Å²) in [5.74, 6) is 0.601. The third-order valence-corrected chi connectivity index (χ3v) is 5.73. The number of fused-ring (bicyclic) bond motifs is 2. The molecule has 2 aliphatic rings. The highest BCUT2D eigenvalue weighted by molar-refractivity contribution is 6.30. The van der Waals surface area contributed by atoms with Crippen molar-refractivity contribution in [2.75, 3.05) is 0 Å². The minimum atomic E-state index is -0.112. The standard InChI is InChI=1S/C16H21ClN2O/c1-15(2)10-4-6-16(3,9-10)14(15)19-13(20)12-8-11(17)5-7-18-12/h5,7-8,10,14H,4,6,9H2,1-3H3,(H,19,20). The van der Waals surface area contributed by atoms with Gasteiger partial charge in [-0.25, -0.2) is 0 Å². The molecule has 0 saturated heterocycles. The van der Waals surface area contributed by atoms with Crippen molar-refractivity contribution in [3.63, 3.8) is 0 Å². The summed E-state index contributed by atoms with van der Waals surface area (Å²) in [6, 6.07) is 3.52. The van der Waals surface area contributed by atoms with Crippen LogP contribution in [-0.4, -0.2) is 16.9 Å². The maximum absolute atomic E-state index is 12.4. The third kappa shape index (κ3) is 2.03. The van der Waals surface area contributed by atoms with Crippen LogP contribution in [0.2, 0.25) is 5.02 Å². The van der Waals surface area contributed by atoms with Gasteiger partial charge >= 0.3 is 0 Å². The van der Waals surface area contributed by atoms with Crippen LogP contribution >= 0.6 is 11.6 Å². The molecule has 20 heavy (non-hydrogen) atoms. The zero-order chi connectivity index (χ0) is 14.5. The van der Waals surface area contributed by atoms with E-state index in [4.69, 9.17) is 11.6 Å². The van der Waals surface area contributed by atoms with E-state index in [9.17, 15) is 4.79 Å². The van der Waals surface area contributed by atoms with Crippen LogP contribution in [0.3, 0.4) is 0 Å². The van der Waals surface area contributed by atoms with E-state index in [2.05, 4.69) is 31.1 Å². The average molecular weight is 293 g/mol. The molecule has 4 heteroatoms. The monoisotopic (exact) mass is 292 g/mol. The lowest BCUT2D eigenvalue weighted by Gasteiger charge is -2.43. The van der Waals surface area contributed by atoms with Crippen LogP contribution in [-0.2, 0) is 0 Å². The normalized spacial score (nSPS) is 34.2. The Morgan fingerprint density at radius 1 is 1.45 bits per heavy atom. The summed E-state index contributed by atoms with van der Waals surface area (Å²) in [5.41, 5.74) is 0.781. The molecule has 3 unspecified atom stereocenters. The van der Waals surface area contributed by atoms with Crippen LogP contribution in [0.4, 0.5) is 0 Å². The maximum Gasteiger partial charge on any atom is 0.270 e. The zero-order valence-electron chi connectivity index (χ0n) is 12.2. The fraction of sp³-hybridized carbons (Fsp3) is 0.625. The number of pyridine rings is 1. The minimum Gasteiger partial charge on any atom is -0.347 e. The quantitative estimate of drug-likeness (QED) is 0.903. The average Bonchev–Trinajstić information content (AvgIpc) is 2.85. The molecule has 1 amide bonds. The number of aromatic nitrogens is 1. The van der Waals surface area contributed by atoms with Gasteiger partial charge < -0.3 is 5.32 Å². The van der Waals surface area contributed by atoms with Gasteiger partial charge in [0.05, 0.1) is 0 Å². The topological polar surface area (TPSA) is 42.0 Å². The summed E-state index contributed by atoms with van der Waals surface area (Å²) in [6.45, 7) is 6.86. The molecule has 1 aromatic rings. The molecular weight excluding hydrogens is 272 g/mol. The van der Waals surface area contributed by atoms with Crippen LogP contribution in [0.1, 0.15) is 50.5 Å². The number of halogens is 1. The molecule has 2 bridgehead atoms. The Balaban J connectivity index is 1.82. The summed E-state index contributed by atoms with van der Waals surface area (Å²) < 4.78 is 0. The molecule has 2 saturated carbocycles. The van der Waals surface area contributed by atoms with Crippen LogP contribution in [0.5, 0.6) is 0 Å². The number of nitrogens with zero attached hydrogens (tertiary/aromatic N) is 1. The molecule has 108 valence electrons. The molecule has 3 nitrogen and oxygen atoms in total. The van der Waals surface area contributed by atoms with Gasteiger partial charge in [0, 0.05) is 17.3 Å². The van der Waals surface area contributed by atoms with Gasteiger partial charge in [-0.2, -0.15) is 0 Å². The lowest BCUT2D eigenvalue weighted by molar-refractivity contribution is 0.0733. The Morgan fingerprint density at radius 2 is 2.20 bits per heavy atom. The first kappa shape index (κ1) is 13.9. The molecule has 1 aromatic heterocycles. The highest BCUT2D eigenvalue weighted by Gasteiger charge is 2.59. The number of hydrogen-bond acceptors (Lipinski definition) is 2. The molecule has 2 fully saturated rings. The van der Waals surface area contributed by atoms with Crippen LogP contribution < -0.4 is 5.32 Å².